The molecule has 0 aromatic carbocycles. The molecule has 0 unspecified atom stereocenters. The Morgan fingerprint density at radius 2 is 2.46 bits per heavy atom. The molecule has 10 nitrogen and oxygen atoms in total. The monoisotopic (exact) mass is 362 g/mol. The predicted molar refractivity (Wildman–Crippen MR) is 83.3 cm³/mol. The lowest BCUT2D eigenvalue weighted by atomic mass is 9.92. The summed E-state index contributed by atoms with van der Waals surface area (Å²) in [5, 5.41) is 41.4. The number of nitriles is 1. The van der Waals surface area contributed by atoms with Crippen LogP contribution in [0.3, 0.4) is 0 Å². The minimum atomic E-state index is -2.82. The van der Waals surface area contributed by atoms with Gasteiger partial charge in [-0.3, -0.25) is 19.8 Å². The summed E-state index contributed by atoms with van der Waals surface area (Å²) >= 11 is 0. The Bertz CT molecular complexity index is 1090. The van der Waals surface area contributed by atoms with Gasteiger partial charge in [0.25, 0.3) is 0 Å². The van der Waals surface area contributed by atoms with Gasteiger partial charge in [0.2, 0.25) is 5.60 Å². The first kappa shape index (κ1) is 13.5. The third-order valence-electron chi connectivity index (χ3n) is 4.51. The van der Waals surface area contributed by atoms with Crippen LogP contribution in [-0.4, -0.2) is 55.7 Å². The molecule has 4 atom stereocenters. The van der Waals surface area contributed by atoms with Crippen molar-refractivity contribution in [3.05, 3.63) is 29.6 Å². The van der Waals surface area contributed by atoms with Crippen LogP contribution >= 0.6 is 0 Å². The number of aliphatic hydroxyl groups is 2. The number of aromatic nitrogens is 3. The number of hydrogen-bond acceptors (Lipinski definition) is 8. The number of fused-ring (bicyclic) bond motifs is 1. The second-order valence-electron chi connectivity index (χ2n) is 6.23. The fourth-order valence-corrected chi connectivity index (χ4v) is 2.90. The van der Waals surface area contributed by atoms with Crippen molar-refractivity contribution in [3.63, 3.8) is 0 Å². The van der Waals surface area contributed by atoms with E-state index in [1.165, 1.54) is 0 Å². The number of H-pyrrole nitrogens is 1. The Morgan fingerprint density at radius 1 is 1.69 bits per heavy atom. The standard InChI is InChI=1S/C16H17N5O5/c17-6-16(11-4-3-9-14(18)19-7-20-21(9)11)13(23)12(22)10(26-16)5-25-15(24)8-1-2-8/h3-4,7-8,10,12-13,22-23H,1-2,5H2,(H2,18,19,20)/t10-,12-,13-,16+/m1/s1/i3D,5D2. The average molecular weight is 362 g/mol. The molecule has 3 heterocycles. The molecule has 136 valence electrons. The predicted octanol–water partition coefficient (Wildman–Crippen LogP) is -1.07. The molecule has 1 aliphatic heterocycles. The fraction of sp³-hybridized carbons (Fsp3) is 0.500. The van der Waals surface area contributed by atoms with Crippen LogP contribution in [0, 0.1) is 22.7 Å². The van der Waals surface area contributed by atoms with Gasteiger partial charge in [-0.15, -0.1) is 0 Å². The molecule has 0 radical (unpaired) electrons. The molecule has 4 N–H and O–H groups in total. The van der Waals surface area contributed by atoms with Crippen LogP contribution in [0.1, 0.15) is 22.6 Å². The number of hydrogen-bond donors (Lipinski definition) is 4. The third kappa shape index (κ3) is 2.40. The minimum Gasteiger partial charge on any atom is -0.463 e. The van der Waals surface area contributed by atoms with E-state index in [1.807, 2.05) is 0 Å². The summed E-state index contributed by atoms with van der Waals surface area (Å²) in [5.74, 6) is -1.19. The number of esters is 1. The molecular formula is C16H17N5O5. The van der Waals surface area contributed by atoms with E-state index in [2.05, 4.69) is 10.1 Å². The van der Waals surface area contributed by atoms with E-state index in [1.54, 1.807) is 6.07 Å². The van der Waals surface area contributed by atoms with Crippen LogP contribution in [0.25, 0.3) is 5.52 Å². The Balaban J connectivity index is 1.77. The molecule has 0 spiro atoms. The largest absolute Gasteiger partial charge is 0.463 e. The number of rotatable bonds is 4. The second kappa shape index (κ2) is 5.91. The number of aromatic amines is 1. The van der Waals surface area contributed by atoms with Crippen LogP contribution in [0.4, 0.5) is 0 Å². The van der Waals surface area contributed by atoms with Gasteiger partial charge >= 0.3 is 5.97 Å². The zero-order chi connectivity index (χ0) is 21.1. The molecule has 10 heteroatoms. The van der Waals surface area contributed by atoms with Crippen molar-refractivity contribution in [1.29, 1.82) is 10.7 Å². The summed E-state index contributed by atoms with van der Waals surface area (Å²) in [4.78, 5) is 15.6. The van der Waals surface area contributed by atoms with Crippen molar-refractivity contribution >= 4 is 11.5 Å². The van der Waals surface area contributed by atoms with E-state index < -0.39 is 42.4 Å². The van der Waals surface area contributed by atoms with Crippen molar-refractivity contribution < 1.29 is 28.6 Å². The first-order valence-corrected chi connectivity index (χ1v) is 7.91. The van der Waals surface area contributed by atoms with E-state index >= 15 is 0 Å². The zero-order valence-corrected chi connectivity index (χ0v) is 13.3. The first-order chi connectivity index (χ1) is 13.6. The lowest BCUT2D eigenvalue weighted by Gasteiger charge is -2.24. The molecule has 2 aliphatic rings. The Labute approximate surface area is 151 Å². The van der Waals surface area contributed by atoms with Gasteiger partial charge in [-0.1, -0.05) is 0 Å². The Kier molecular flexibility index (Phi) is 3.06. The van der Waals surface area contributed by atoms with E-state index in [9.17, 15) is 20.3 Å². The molecule has 0 amide bonds. The summed E-state index contributed by atoms with van der Waals surface area (Å²) in [6, 6.07) is 2.70. The van der Waals surface area contributed by atoms with Crippen LogP contribution < -0.4 is 5.49 Å². The molecule has 1 saturated carbocycles. The van der Waals surface area contributed by atoms with Gasteiger partial charge in [0.1, 0.15) is 42.8 Å². The van der Waals surface area contributed by atoms with Crippen LogP contribution in [-0.2, 0) is 19.9 Å². The van der Waals surface area contributed by atoms with Crippen LogP contribution in [0.15, 0.2) is 18.4 Å². The van der Waals surface area contributed by atoms with Gasteiger partial charge in [0.05, 0.1) is 15.7 Å². The highest BCUT2D eigenvalue weighted by Gasteiger charge is 2.57. The summed E-state index contributed by atoms with van der Waals surface area (Å²) < 4.78 is 35.6. The number of carbonyl (C=O) groups is 1. The summed E-state index contributed by atoms with van der Waals surface area (Å²) in [5.41, 5.74) is -2.70. The van der Waals surface area contributed by atoms with E-state index in [0.717, 1.165) is 16.9 Å². The molecule has 2 aromatic rings. The highest BCUT2D eigenvalue weighted by Crippen LogP contribution is 2.40. The zero-order valence-electron chi connectivity index (χ0n) is 16.3. The van der Waals surface area contributed by atoms with Crippen molar-refractivity contribution in [2.24, 2.45) is 5.92 Å². The van der Waals surface area contributed by atoms with Gasteiger partial charge in [-0.25, -0.2) is 4.98 Å². The third-order valence-corrected chi connectivity index (χ3v) is 4.51. The van der Waals surface area contributed by atoms with Gasteiger partial charge in [-0.2, -0.15) is 5.26 Å². The van der Waals surface area contributed by atoms with Gasteiger partial charge < -0.3 is 19.7 Å². The maximum absolute atomic E-state index is 11.9. The average Bonchev–Trinajstić information content (AvgIpc) is 3.41. The number of ether oxygens (including phenoxy) is 2. The first-order valence-electron chi connectivity index (χ1n) is 9.41. The lowest BCUT2D eigenvalue weighted by molar-refractivity contribution is -0.152. The number of aliphatic hydroxyl groups excluding tert-OH is 2. The molecular weight excluding hydrogens is 342 g/mol. The van der Waals surface area contributed by atoms with Crippen molar-refractivity contribution in [2.75, 3.05) is 6.56 Å². The summed E-state index contributed by atoms with van der Waals surface area (Å²) in [7, 11) is 0. The van der Waals surface area contributed by atoms with Crippen molar-refractivity contribution in [1.82, 2.24) is 14.6 Å². The fourth-order valence-electron chi connectivity index (χ4n) is 2.90. The highest BCUT2D eigenvalue weighted by atomic mass is 16.6. The van der Waals surface area contributed by atoms with Crippen molar-refractivity contribution in [3.8, 4) is 6.07 Å². The second-order valence-corrected chi connectivity index (χ2v) is 6.23. The highest BCUT2D eigenvalue weighted by molar-refractivity contribution is 5.74. The van der Waals surface area contributed by atoms with E-state index in [-0.39, 0.29) is 22.7 Å². The Hall–Kier alpha value is -2.74. The number of nitrogens with one attached hydrogen (secondary N) is 2. The summed E-state index contributed by atoms with van der Waals surface area (Å²) in [6.45, 7) is -2.82. The number of nitrogens with zero attached hydrogens (tertiary/aromatic N) is 3. The molecule has 2 fully saturated rings. The summed E-state index contributed by atoms with van der Waals surface area (Å²) in [6.07, 6.45) is -3.41. The van der Waals surface area contributed by atoms with Crippen molar-refractivity contribution in [2.45, 2.75) is 36.8 Å². The SMILES string of the molecule is [2H]c1cc([C@]2(C#N)O[C@H](C([2H])([2H])OC(=O)C3CC3)[C@@H](O)[C@H]2O)n2[nH]cnc(=N)c12. The van der Waals surface area contributed by atoms with E-state index in [0.29, 0.717) is 12.8 Å². The normalized spacial score (nSPS) is 33.3. The quantitative estimate of drug-likeness (QED) is 0.505. The Morgan fingerprint density at radius 3 is 3.15 bits per heavy atom. The smallest absolute Gasteiger partial charge is 0.309 e. The lowest BCUT2D eigenvalue weighted by Crippen LogP contribution is -2.41. The molecule has 0 bridgehead atoms. The topological polar surface area (TPSA) is 157 Å². The minimum absolute atomic E-state index is 0.00552. The molecule has 4 rings (SSSR count). The van der Waals surface area contributed by atoms with Crippen LogP contribution in [0.2, 0.25) is 0 Å². The molecule has 2 aromatic heterocycles. The van der Waals surface area contributed by atoms with Gasteiger partial charge in [0.15, 0.2) is 5.49 Å². The molecule has 26 heavy (non-hydrogen) atoms. The maximum atomic E-state index is 11.9. The number of carbonyl (C=O) groups excluding carboxylic acids is 1. The van der Waals surface area contributed by atoms with Crippen LogP contribution in [0.5, 0.6) is 0 Å². The maximum Gasteiger partial charge on any atom is 0.309 e. The molecule has 1 aliphatic carbocycles. The van der Waals surface area contributed by atoms with Gasteiger partial charge in [0, 0.05) is 0 Å². The molecule has 1 saturated heterocycles. The van der Waals surface area contributed by atoms with Gasteiger partial charge in [-0.05, 0) is 25.0 Å². The van der Waals surface area contributed by atoms with E-state index in [4.69, 9.17) is 19.0 Å².